The minimum Gasteiger partial charge on any atom is -0.338 e. The van der Waals surface area contributed by atoms with Gasteiger partial charge in [0.2, 0.25) is 5.91 Å². The topological polar surface area (TPSA) is 20.3 Å². The predicted octanol–water partition coefficient (Wildman–Crippen LogP) is 3.59. The van der Waals surface area contributed by atoms with Crippen LogP contribution in [0.1, 0.15) is 52.4 Å². The number of hydrogen-bond acceptors (Lipinski definition) is 1. The number of amides is 1. The van der Waals surface area contributed by atoms with Crippen molar-refractivity contribution in [2.75, 3.05) is 6.54 Å². The fourth-order valence-electron chi connectivity index (χ4n) is 3.34. The van der Waals surface area contributed by atoms with Crippen molar-refractivity contribution in [3.05, 3.63) is 0 Å². The first-order chi connectivity index (χ1) is 8.11. The van der Waals surface area contributed by atoms with E-state index in [4.69, 9.17) is 0 Å². The van der Waals surface area contributed by atoms with Crippen LogP contribution in [0, 0.1) is 11.8 Å². The molecule has 2 fully saturated rings. The van der Waals surface area contributed by atoms with Crippen LogP contribution in [-0.2, 0) is 4.79 Å². The molecule has 0 spiro atoms. The molecule has 1 aliphatic heterocycles. The molecule has 1 saturated carbocycles. The van der Waals surface area contributed by atoms with Crippen LogP contribution in [0.5, 0.6) is 0 Å². The fourth-order valence-corrected chi connectivity index (χ4v) is 3.60. The lowest BCUT2D eigenvalue weighted by Crippen LogP contribution is -2.52. The summed E-state index contributed by atoms with van der Waals surface area (Å²) in [6.07, 6.45) is 7.77. The van der Waals surface area contributed by atoms with E-state index >= 15 is 0 Å². The first kappa shape index (κ1) is 13.4. The molecule has 0 radical (unpaired) electrons. The van der Waals surface area contributed by atoms with E-state index < -0.39 is 0 Å². The second kappa shape index (κ2) is 5.73. The standard InChI is InChI=1S/C14H24BrNO/c1-10(2)13(15)14(17)16-9-5-7-11-6-3-4-8-12(11)16/h10-13H,3-9H2,1-2H3. The lowest BCUT2D eigenvalue weighted by atomic mass is 9.78. The van der Waals surface area contributed by atoms with Crippen LogP contribution < -0.4 is 0 Å². The number of rotatable bonds is 2. The van der Waals surface area contributed by atoms with Gasteiger partial charge in [0, 0.05) is 12.6 Å². The molecular formula is C14H24BrNO. The molecule has 2 nitrogen and oxygen atoms in total. The third kappa shape index (κ3) is 2.86. The Morgan fingerprint density at radius 2 is 1.82 bits per heavy atom. The zero-order valence-electron chi connectivity index (χ0n) is 11.0. The number of hydrogen-bond donors (Lipinski definition) is 0. The highest BCUT2D eigenvalue weighted by molar-refractivity contribution is 9.10. The van der Waals surface area contributed by atoms with E-state index in [-0.39, 0.29) is 4.83 Å². The zero-order chi connectivity index (χ0) is 12.4. The van der Waals surface area contributed by atoms with Crippen molar-refractivity contribution in [2.45, 2.75) is 63.2 Å². The Labute approximate surface area is 113 Å². The largest absolute Gasteiger partial charge is 0.338 e. The van der Waals surface area contributed by atoms with Crippen molar-refractivity contribution < 1.29 is 4.79 Å². The van der Waals surface area contributed by atoms with Crippen LogP contribution in [0.25, 0.3) is 0 Å². The molecule has 1 amide bonds. The Balaban J connectivity index is 2.05. The van der Waals surface area contributed by atoms with Gasteiger partial charge in [-0.1, -0.05) is 42.6 Å². The summed E-state index contributed by atoms with van der Waals surface area (Å²) >= 11 is 3.57. The van der Waals surface area contributed by atoms with E-state index in [1.54, 1.807) is 0 Å². The molecule has 2 aliphatic rings. The first-order valence-corrected chi connectivity index (χ1v) is 7.97. The van der Waals surface area contributed by atoms with Gasteiger partial charge in [-0.25, -0.2) is 0 Å². The van der Waals surface area contributed by atoms with Gasteiger partial charge in [-0.3, -0.25) is 4.79 Å². The number of fused-ring (bicyclic) bond motifs is 1. The van der Waals surface area contributed by atoms with Gasteiger partial charge in [-0.15, -0.1) is 0 Å². The summed E-state index contributed by atoms with van der Waals surface area (Å²) in [4.78, 5) is 14.7. The first-order valence-electron chi connectivity index (χ1n) is 7.06. The predicted molar refractivity (Wildman–Crippen MR) is 74.2 cm³/mol. The van der Waals surface area contributed by atoms with Crippen molar-refractivity contribution in [3.8, 4) is 0 Å². The monoisotopic (exact) mass is 301 g/mol. The van der Waals surface area contributed by atoms with E-state index in [0.29, 0.717) is 17.9 Å². The van der Waals surface area contributed by atoms with E-state index in [2.05, 4.69) is 34.7 Å². The number of alkyl halides is 1. The van der Waals surface area contributed by atoms with Gasteiger partial charge < -0.3 is 4.90 Å². The maximum absolute atomic E-state index is 12.5. The summed E-state index contributed by atoms with van der Waals surface area (Å²) in [6, 6.07) is 0.545. The molecule has 0 aromatic heterocycles. The van der Waals surface area contributed by atoms with E-state index in [9.17, 15) is 4.79 Å². The normalized spacial score (nSPS) is 31.2. The van der Waals surface area contributed by atoms with Crippen molar-refractivity contribution in [2.24, 2.45) is 11.8 Å². The molecule has 3 heteroatoms. The number of carbonyl (C=O) groups excluding carboxylic acids is 1. The van der Waals surface area contributed by atoms with Gasteiger partial charge >= 0.3 is 0 Å². The van der Waals surface area contributed by atoms with Gasteiger partial charge in [-0.2, -0.15) is 0 Å². The highest BCUT2D eigenvalue weighted by atomic mass is 79.9. The van der Waals surface area contributed by atoms with Crippen LogP contribution in [0.4, 0.5) is 0 Å². The molecule has 1 saturated heterocycles. The highest BCUT2D eigenvalue weighted by Gasteiger charge is 2.37. The van der Waals surface area contributed by atoms with Gasteiger partial charge in [0.15, 0.2) is 0 Å². The molecule has 0 aromatic rings. The molecule has 2 rings (SSSR count). The van der Waals surface area contributed by atoms with Crippen molar-refractivity contribution in [3.63, 3.8) is 0 Å². The Morgan fingerprint density at radius 1 is 1.18 bits per heavy atom. The fraction of sp³-hybridized carbons (Fsp3) is 0.929. The number of nitrogens with zero attached hydrogens (tertiary/aromatic N) is 1. The zero-order valence-corrected chi connectivity index (χ0v) is 12.6. The van der Waals surface area contributed by atoms with Gasteiger partial charge in [0.1, 0.15) is 0 Å². The number of likely N-dealkylation sites (tertiary alicyclic amines) is 1. The summed E-state index contributed by atoms with van der Waals surface area (Å²) < 4.78 is 0. The summed E-state index contributed by atoms with van der Waals surface area (Å²) in [6.45, 7) is 5.20. The summed E-state index contributed by atoms with van der Waals surface area (Å²) in [5.41, 5.74) is 0. The lowest BCUT2D eigenvalue weighted by molar-refractivity contribution is -0.137. The Bertz CT molecular complexity index is 277. The van der Waals surface area contributed by atoms with Crippen LogP contribution in [0.3, 0.4) is 0 Å². The Kier molecular flexibility index (Phi) is 4.51. The summed E-state index contributed by atoms with van der Waals surface area (Å²) in [5.74, 6) is 1.50. The SMILES string of the molecule is CC(C)C(Br)C(=O)N1CCCC2CCCCC21. The molecule has 98 valence electrons. The molecule has 3 atom stereocenters. The Morgan fingerprint density at radius 3 is 2.53 bits per heavy atom. The average molecular weight is 302 g/mol. The highest BCUT2D eigenvalue weighted by Crippen LogP contribution is 2.36. The maximum atomic E-state index is 12.5. The van der Waals surface area contributed by atoms with Crippen LogP contribution in [-0.4, -0.2) is 28.2 Å². The molecule has 1 heterocycles. The molecule has 0 aromatic carbocycles. The molecule has 1 aliphatic carbocycles. The summed E-state index contributed by atoms with van der Waals surface area (Å²) in [7, 11) is 0. The molecular weight excluding hydrogens is 278 g/mol. The van der Waals surface area contributed by atoms with E-state index in [0.717, 1.165) is 12.5 Å². The third-order valence-electron chi connectivity index (χ3n) is 4.35. The number of carbonyl (C=O) groups is 1. The number of halogens is 1. The molecule has 0 N–H and O–H groups in total. The number of piperidine rings is 1. The average Bonchev–Trinajstić information content (AvgIpc) is 2.36. The van der Waals surface area contributed by atoms with E-state index in [1.807, 2.05) is 0 Å². The van der Waals surface area contributed by atoms with Gasteiger partial charge in [0.05, 0.1) is 4.83 Å². The maximum Gasteiger partial charge on any atom is 0.236 e. The summed E-state index contributed by atoms with van der Waals surface area (Å²) in [5, 5.41) is 0. The van der Waals surface area contributed by atoms with E-state index in [1.165, 1.54) is 38.5 Å². The van der Waals surface area contributed by atoms with Crippen molar-refractivity contribution >= 4 is 21.8 Å². The van der Waals surface area contributed by atoms with Crippen molar-refractivity contribution in [1.82, 2.24) is 4.90 Å². The molecule has 0 bridgehead atoms. The second-order valence-electron chi connectivity index (χ2n) is 5.93. The smallest absolute Gasteiger partial charge is 0.236 e. The minimum absolute atomic E-state index is 0.00294. The minimum atomic E-state index is 0.00294. The van der Waals surface area contributed by atoms with Crippen molar-refractivity contribution in [1.29, 1.82) is 0 Å². The molecule has 3 unspecified atom stereocenters. The van der Waals surface area contributed by atoms with Crippen LogP contribution in [0.15, 0.2) is 0 Å². The quantitative estimate of drug-likeness (QED) is 0.714. The third-order valence-corrected chi connectivity index (χ3v) is 5.80. The molecule has 17 heavy (non-hydrogen) atoms. The van der Waals surface area contributed by atoms with Gasteiger partial charge in [0.25, 0.3) is 0 Å². The van der Waals surface area contributed by atoms with Crippen LogP contribution >= 0.6 is 15.9 Å². The lowest BCUT2D eigenvalue weighted by Gasteiger charge is -2.45. The van der Waals surface area contributed by atoms with Gasteiger partial charge in [-0.05, 0) is 37.5 Å². The van der Waals surface area contributed by atoms with Crippen LogP contribution in [0.2, 0.25) is 0 Å². The Hall–Kier alpha value is -0.0500. The second-order valence-corrected chi connectivity index (χ2v) is 6.92.